The first-order valence-corrected chi connectivity index (χ1v) is 12.6. The van der Waals surface area contributed by atoms with Crippen LogP contribution in [0.4, 0.5) is 0 Å². The topological polar surface area (TPSA) is 103 Å². The van der Waals surface area contributed by atoms with Crippen LogP contribution < -0.4 is 10.1 Å². The monoisotopic (exact) mass is 486 g/mol. The molecule has 1 aliphatic carbocycles. The third kappa shape index (κ3) is 4.84. The summed E-state index contributed by atoms with van der Waals surface area (Å²) in [6.07, 6.45) is 4.89. The minimum atomic E-state index is -0.620. The van der Waals surface area contributed by atoms with Crippen molar-refractivity contribution in [2.75, 3.05) is 7.05 Å². The summed E-state index contributed by atoms with van der Waals surface area (Å²) in [5.74, 6) is -0.138. The number of ether oxygens (including phenoxy) is 1. The van der Waals surface area contributed by atoms with Gasteiger partial charge in [-0.25, -0.2) is 0 Å². The molecule has 8 heteroatoms. The predicted octanol–water partition coefficient (Wildman–Crippen LogP) is 3.14. The molecule has 2 fully saturated rings. The van der Waals surface area contributed by atoms with Gasteiger partial charge in [0.25, 0.3) is 5.91 Å². The number of carbonyl (C=O) groups excluding carboxylic acids is 3. The molecule has 2 aromatic rings. The lowest BCUT2D eigenvalue weighted by atomic mass is 9.91. The number of nitriles is 1. The first-order chi connectivity index (χ1) is 17.4. The molecule has 2 aliphatic heterocycles. The zero-order chi connectivity index (χ0) is 25.2. The summed E-state index contributed by atoms with van der Waals surface area (Å²) in [5.41, 5.74) is 3.25. The van der Waals surface area contributed by atoms with Gasteiger partial charge >= 0.3 is 0 Å². The predicted molar refractivity (Wildman–Crippen MR) is 132 cm³/mol. The molecule has 0 bridgehead atoms. The van der Waals surface area contributed by atoms with Gasteiger partial charge in [0.1, 0.15) is 17.9 Å². The number of carbonyl (C=O) groups is 3. The quantitative estimate of drug-likeness (QED) is 0.630. The minimum absolute atomic E-state index is 0.0310. The number of imide groups is 1. The van der Waals surface area contributed by atoms with Crippen LogP contribution in [0.1, 0.15) is 65.6 Å². The van der Waals surface area contributed by atoms with Crippen molar-refractivity contribution in [3.8, 4) is 11.8 Å². The number of piperidine rings is 1. The molecular weight excluding hydrogens is 456 g/mol. The van der Waals surface area contributed by atoms with E-state index in [2.05, 4.69) is 23.3 Å². The normalized spacial score (nSPS) is 23.9. The lowest BCUT2D eigenvalue weighted by Gasteiger charge is -2.38. The molecule has 186 valence electrons. The largest absolute Gasteiger partial charge is 0.489 e. The van der Waals surface area contributed by atoms with Crippen molar-refractivity contribution in [1.29, 1.82) is 5.26 Å². The number of rotatable bonds is 6. The fourth-order valence-corrected chi connectivity index (χ4v) is 5.61. The van der Waals surface area contributed by atoms with Gasteiger partial charge in [0, 0.05) is 31.1 Å². The second-order valence-corrected chi connectivity index (χ2v) is 9.95. The molecule has 5 rings (SSSR count). The van der Waals surface area contributed by atoms with Crippen molar-refractivity contribution in [1.82, 2.24) is 15.1 Å². The Morgan fingerprint density at radius 1 is 1.08 bits per heavy atom. The van der Waals surface area contributed by atoms with Gasteiger partial charge in [0.15, 0.2) is 0 Å². The molecule has 1 N–H and O–H groups in total. The smallest absolute Gasteiger partial charge is 0.255 e. The minimum Gasteiger partial charge on any atom is -0.489 e. The molecule has 2 aromatic carbocycles. The van der Waals surface area contributed by atoms with Gasteiger partial charge in [-0.3, -0.25) is 24.6 Å². The van der Waals surface area contributed by atoms with Gasteiger partial charge in [-0.2, -0.15) is 5.26 Å². The first-order valence-electron chi connectivity index (χ1n) is 12.6. The van der Waals surface area contributed by atoms with Crippen molar-refractivity contribution in [3.63, 3.8) is 0 Å². The van der Waals surface area contributed by atoms with Crippen LogP contribution in [0, 0.1) is 11.3 Å². The van der Waals surface area contributed by atoms with E-state index in [9.17, 15) is 14.4 Å². The third-order valence-corrected chi connectivity index (χ3v) is 7.53. The lowest BCUT2D eigenvalue weighted by Crippen LogP contribution is -2.52. The molecule has 1 saturated carbocycles. The zero-order valence-electron chi connectivity index (χ0n) is 20.4. The Labute approximate surface area is 210 Å². The van der Waals surface area contributed by atoms with Gasteiger partial charge in [-0.1, -0.05) is 18.6 Å². The molecule has 36 heavy (non-hydrogen) atoms. The van der Waals surface area contributed by atoms with E-state index in [-0.39, 0.29) is 30.4 Å². The molecule has 0 radical (unpaired) electrons. The molecule has 0 aromatic heterocycles. The highest BCUT2D eigenvalue weighted by Crippen LogP contribution is 2.33. The van der Waals surface area contributed by atoms with Crippen molar-refractivity contribution < 1.29 is 19.1 Å². The van der Waals surface area contributed by atoms with Crippen molar-refractivity contribution >= 4 is 17.7 Å². The molecule has 8 nitrogen and oxygen atoms in total. The van der Waals surface area contributed by atoms with Crippen LogP contribution in [0.3, 0.4) is 0 Å². The second-order valence-electron chi connectivity index (χ2n) is 9.95. The van der Waals surface area contributed by atoms with Crippen molar-refractivity contribution in [2.24, 2.45) is 0 Å². The lowest BCUT2D eigenvalue weighted by molar-refractivity contribution is -0.136. The zero-order valence-corrected chi connectivity index (χ0v) is 20.4. The van der Waals surface area contributed by atoms with E-state index in [1.165, 1.54) is 0 Å². The van der Waals surface area contributed by atoms with Gasteiger partial charge in [0.05, 0.1) is 11.6 Å². The van der Waals surface area contributed by atoms with E-state index in [0.717, 1.165) is 49.1 Å². The van der Waals surface area contributed by atoms with E-state index in [1.807, 2.05) is 36.4 Å². The number of hydrogen-bond acceptors (Lipinski definition) is 6. The first kappa shape index (κ1) is 24.0. The molecule has 3 amide bonds. The fraction of sp³-hybridized carbons (Fsp3) is 0.429. The number of benzene rings is 2. The summed E-state index contributed by atoms with van der Waals surface area (Å²) in [4.78, 5) is 40.7. The fourth-order valence-electron chi connectivity index (χ4n) is 5.61. The van der Waals surface area contributed by atoms with Crippen LogP contribution in [0.15, 0.2) is 42.5 Å². The number of likely N-dealkylation sites (N-methyl/N-ethyl adjacent to an activating group) is 1. The average Bonchev–Trinajstić information content (AvgIpc) is 3.20. The molecule has 0 spiro atoms. The van der Waals surface area contributed by atoms with Crippen molar-refractivity contribution in [3.05, 3.63) is 64.7 Å². The Balaban J connectivity index is 1.27. The summed E-state index contributed by atoms with van der Waals surface area (Å²) >= 11 is 0. The molecule has 3 unspecified atom stereocenters. The van der Waals surface area contributed by atoms with Crippen LogP contribution in [-0.4, -0.2) is 52.8 Å². The summed E-state index contributed by atoms with van der Waals surface area (Å²) in [5, 5.41) is 11.4. The maximum absolute atomic E-state index is 13.0. The highest BCUT2D eigenvalue weighted by atomic mass is 16.5. The van der Waals surface area contributed by atoms with Gasteiger partial charge < -0.3 is 9.64 Å². The highest BCUT2D eigenvalue weighted by molar-refractivity contribution is 6.05. The molecule has 3 aliphatic rings. The molecule has 2 heterocycles. The van der Waals surface area contributed by atoms with E-state index in [0.29, 0.717) is 24.1 Å². The maximum atomic E-state index is 13.0. The van der Waals surface area contributed by atoms with E-state index in [1.54, 1.807) is 11.0 Å². The SMILES string of the molecule is CN(Cc1ccc(C#N)cc1)C1CCCCC1Oc1ccc2c(c1)CN(C1CCC(=O)NC1=O)C2=O. The van der Waals surface area contributed by atoms with Crippen LogP contribution in [0.2, 0.25) is 0 Å². The van der Waals surface area contributed by atoms with Crippen LogP contribution in [0.5, 0.6) is 5.75 Å². The van der Waals surface area contributed by atoms with Crippen LogP contribution in [0.25, 0.3) is 0 Å². The Hall–Kier alpha value is -3.70. The number of hydrogen-bond donors (Lipinski definition) is 1. The second kappa shape index (κ2) is 10.1. The highest BCUT2D eigenvalue weighted by Gasteiger charge is 2.39. The number of nitrogens with one attached hydrogen (secondary N) is 1. The summed E-state index contributed by atoms with van der Waals surface area (Å²) in [6, 6.07) is 15.0. The maximum Gasteiger partial charge on any atom is 0.255 e. The van der Waals surface area contributed by atoms with E-state index in [4.69, 9.17) is 10.00 Å². The Bertz CT molecular complexity index is 1220. The Morgan fingerprint density at radius 2 is 1.86 bits per heavy atom. The summed E-state index contributed by atoms with van der Waals surface area (Å²) in [6.45, 7) is 1.11. The van der Waals surface area contributed by atoms with Crippen LogP contribution >= 0.6 is 0 Å². The Kier molecular flexibility index (Phi) is 6.75. The van der Waals surface area contributed by atoms with E-state index < -0.39 is 11.9 Å². The van der Waals surface area contributed by atoms with Crippen molar-refractivity contribution in [2.45, 2.75) is 69.8 Å². The summed E-state index contributed by atoms with van der Waals surface area (Å²) < 4.78 is 6.50. The molecule has 1 saturated heterocycles. The van der Waals surface area contributed by atoms with E-state index >= 15 is 0 Å². The van der Waals surface area contributed by atoms with Gasteiger partial charge in [0.2, 0.25) is 11.8 Å². The number of fused-ring (bicyclic) bond motifs is 1. The number of amides is 3. The average molecular weight is 487 g/mol. The summed E-state index contributed by atoms with van der Waals surface area (Å²) in [7, 11) is 2.11. The standard InChI is InChI=1S/C28H30N4O4/c1-31(16-19-8-6-18(15-29)7-9-19)23-4-2-3-5-25(23)36-21-10-11-22-20(14-21)17-32(28(22)35)24-12-13-26(33)30-27(24)34/h6-11,14,23-25H,2-5,12-13,16-17H2,1H3,(H,30,33,34). The van der Waals surface area contributed by atoms with Gasteiger partial charge in [-0.05, 0) is 74.2 Å². The van der Waals surface area contributed by atoms with Gasteiger partial charge in [-0.15, -0.1) is 0 Å². The molecule has 3 atom stereocenters. The number of nitrogens with zero attached hydrogens (tertiary/aromatic N) is 3. The molecular formula is C28H30N4O4. The van der Waals surface area contributed by atoms with Crippen LogP contribution in [-0.2, 0) is 22.7 Å². The third-order valence-electron chi connectivity index (χ3n) is 7.53. The Morgan fingerprint density at radius 3 is 2.61 bits per heavy atom.